The van der Waals surface area contributed by atoms with Crippen LogP contribution in [0.5, 0.6) is 0 Å². The molecule has 0 saturated carbocycles. The van der Waals surface area contributed by atoms with Gasteiger partial charge in [-0.3, -0.25) is 14.2 Å². The first kappa shape index (κ1) is 14.8. The molecule has 0 aromatic rings. The molecule has 0 fully saturated rings. The van der Waals surface area contributed by atoms with E-state index >= 15 is 0 Å². The minimum atomic E-state index is -3.16. The van der Waals surface area contributed by atoms with E-state index in [9.17, 15) is 14.2 Å². The Bertz CT molecular complexity index is 285. The Balaban J connectivity index is 4.60. The van der Waals surface area contributed by atoms with Crippen LogP contribution in [0.15, 0.2) is 0 Å². The summed E-state index contributed by atoms with van der Waals surface area (Å²) in [6, 6.07) is 0. The summed E-state index contributed by atoms with van der Waals surface area (Å²) < 4.78 is 16.4. The normalized spacial score (nSPS) is 16.7. The molecular formula is C6H11O6PS2. The lowest BCUT2D eigenvalue weighted by molar-refractivity contribution is -0.142. The van der Waals surface area contributed by atoms with E-state index < -0.39 is 29.4 Å². The van der Waals surface area contributed by atoms with Gasteiger partial charge in [0, 0.05) is 7.11 Å². The zero-order valence-electron chi connectivity index (χ0n) is 8.08. The van der Waals surface area contributed by atoms with Crippen molar-refractivity contribution in [3.8, 4) is 0 Å². The summed E-state index contributed by atoms with van der Waals surface area (Å²) in [5.74, 6) is -5.72. The van der Waals surface area contributed by atoms with Gasteiger partial charge in [0.05, 0.1) is 6.42 Å². The molecule has 0 aromatic carbocycles. The Morgan fingerprint density at radius 3 is 2.27 bits per heavy atom. The molecule has 88 valence electrons. The van der Waals surface area contributed by atoms with E-state index in [1.54, 1.807) is 0 Å². The fourth-order valence-corrected chi connectivity index (χ4v) is 5.69. The van der Waals surface area contributed by atoms with E-state index in [0.717, 1.165) is 11.4 Å². The summed E-state index contributed by atoms with van der Waals surface area (Å²) in [4.78, 5) is 21.0. The second-order valence-corrected chi connectivity index (χ2v) is 10.1. The molecule has 0 amide bonds. The van der Waals surface area contributed by atoms with Crippen LogP contribution in [0, 0.1) is 0 Å². The Kier molecular flexibility index (Phi) is 6.35. The molecule has 0 heterocycles. The molecule has 0 saturated heterocycles. The number of hydrogen-bond acceptors (Lipinski definition) is 6. The molecule has 0 bridgehead atoms. The average molecular weight is 274 g/mol. The number of rotatable bonds is 7. The average Bonchev–Trinajstić information content (AvgIpc) is 2.16. The van der Waals surface area contributed by atoms with Crippen molar-refractivity contribution in [1.29, 1.82) is 0 Å². The number of carbonyl (C=O) groups is 2. The van der Waals surface area contributed by atoms with E-state index in [1.807, 2.05) is 0 Å². The first-order valence-corrected chi connectivity index (χ1v) is 8.63. The Labute approximate surface area is 94.7 Å². The number of hydrogen-bond donors (Lipinski definition) is 2. The van der Waals surface area contributed by atoms with Crippen molar-refractivity contribution in [3.05, 3.63) is 0 Å². The maximum Gasteiger partial charge on any atom is 0.317 e. The molecule has 1 unspecified atom stereocenters. The van der Waals surface area contributed by atoms with Crippen LogP contribution in [0.2, 0.25) is 0 Å². The standard InChI is InChI=1S/C6H11O6PS2/c1-12-13(11,14-2)15-4(6(9)10)3-5(7)8/h4H,3H2,1-2H3,(H,7,8)(H,9,10)/t4-,13?/m1/s1. The van der Waals surface area contributed by atoms with Crippen LogP contribution < -0.4 is 0 Å². The monoisotopic (exact) mass is 274 g/mol. The molecule has 0 rings (SSSR count). The first-order valence-electron chi connectivity index (χ1n) is 3.69. The summed E-state index contributed by atoms with van der Waals surface area (Å²) in [5.41, 5.74) is 0. The lowest BCUT2D eigenvalue weighted by Crippen LogP contribution is -2.19. The van der Waals surface area contributed by atoms with Gasteiger partial charge in [-0.2, -0.15) is 0 Å². The molecule has 9 heteroatoms. The van der Waals surface area contributed by atoms with E-state index in [4.69, 9.17) is 10.2 Å². The van der Waals surface area contributed by atoms with Gasteiger partial charge in [0.15, 0.2) is 0 Å². The SMILES string of the molecule is COP(=O)(SC)S[C@H](CC(=O)O)C(=O)O. The number of aliphatic carboxylic acids is 2. The van der Waals surface area contributed by atoms with Crippen molar-refractivity contribution in [2.45, 2.75) is 11.7 Å². The van der Waals surface area contributed by atoms with Crippen LogP contribution in [0.25, 0.3) is 0 Å². The summed E-state index contributed by atoms with van der Waals surface area (Å²) in [5, 5.41) is 15.9. The Morgan fingerprint density at radius 2 is 2.00 bits per heavy atom. The van der Waals surface area contributed by atoms with Gasteiger partial charge in [-0.15, -0.1) is 0 Å². The molecular weight excluding hydrogens is 263 g/mol. The van der Waals surface area contributed by atoms with Crippen LogP contribution in [0.4, 0.5) is 0 Å². The van der Waals surface area contributed by atoms with Gasteiger partial charge in [-0.1, -0.05) is 11.4 Å². The van der Waals surface area contributed by atoms with Crippen molar-refractivity contribution in [2.75, 3.05) is 13.4 Å². The zero-order chi connectivity index (χ0) is 12.1. The molecule has 6 nitrogen and oxygen atoms in total. The number of carboxylic acids is 2. The van der Waals surface area contributed by atoms with Gasteiger partial charge >= 0.3 is 17.7 Å². The molecule has 0 aliphatic rings. The van der Waals surface area contributed by atoms with Crippen LogP contribution in [0.1, 0.15) is 6.42 Å². The molecule has 15 heavy (non-hydrogen) atoms. The van der Waals surface area contributed by atoms with E-state index in [1.165, 1.54) is 13.4 Å². The van der Waals surface area contributed by atoms with Crippen LogP contribution in [-0.2, 0) is 18.7 Å². The van der Waals surface area contributed by atoms with Gasteiger partial charge in [-0.25, -0.2) is 0 Å². The lowest BCUT2D eigenvalue weighted by Gasteiger charge is -2.16. The van der Waals surface area contributed by atoms with Crippen LogP contribution in [0.3, 0.4) is 0 Å². The van der Waals surface area contributed by atoms with Gasteiger partial charge in [0.1, 0.15) is 5.25 Å². The highest BCUT2D eigenvalue weighted by Gasteiger charge is 2.32. The minimum absolute atomic E-state index is 0.544. The second kappa shape index (κ2) is 6.42. The first-order chi connectivity index (χ1) is 6.84. The minimum Gasteiger partial charge on any atom is -0.481 e. The zero-order valence-corrected chi connectivity index (χ0v) is 10.6. The van der Waals surface area contributed by atoms with Crippen LogP contribution in [-0.4, -0.2) is 40.8 Å². The third kappa shape index (κ3) is 5.46. The van der Waals surface area contributed by atoms with Gasteiger partial charge in [-0.05, 0) is 17.6 Å². The summed E-state index contributed by atoms with van der Waals surface area (Å²) in [7, 11) is 1.20. The van der Waals surface area contributed by atoms with Crippen LogP contribution >= 0.6 is 28.5 Å². The molecule has 0 spiro atoms. The second-order valence-electron chi connectivity index (χ2n) is 2.34. The third-order valence-corrected chi connectivity index (χ3v) is 9.00. The number of carboxylic acid groups (broad SMARTS) is 2. The largest absolute Gasteiger partial charge is 0.481 e. The van der Waals surface area contributed by atoms with Gasteiger partial charge in [0.25, 0.3) is 0 Å². The Hall–Kier alpha value is -0.170. The molecule has 2 N–H and O–H groups in total. The van der Waals surface area contributed by atoms with E-state index in [-0.39, 0.29) is 0 Å². The lowest BCUT2D eigenvalue weighted by atomic mass is 10.3. The topological polar surface area (TPSA) is 101 Å². The van der Waals surface area contributed by atoms with E-state index in [0.29, 0.717) is 11.4 Å². The predicted molar refractivity (Wildman–Crippen MR) is 59.4 cm³/mol. The van der Waals surface area contributed by atoms with Gasteiger partial charge in [0.2, 0.25) is 0 Å². The van der Waals surface area contributed by atoms with Crippen molar-refractivity contribution in [3.63, 3.8) is 0 Å². The summed E-state index contributed by atoms with van der Waals surface area (Å²) >= 11 is 1.43. The Morgan fingerprint density at radius 1 is 1.47 bits per heavy atom. The van der Waals surface area contributed by atoms with E-state index in [2.05, 4.69) is 4.52 Å². The summed E-state index contributed by atoms with van der Waals surface area (Å²) in [6.45, 7) is 0. The smallest absolute Gasteiger partial charge is 0.317 e. The summed E-state index contributed by atoms with van der Waals surface area (Å²) in [6.07, 6.45) is 0.921. The molecule has 0 radical (unpaired) electrons. The highest BCUT2D eigenvalue weighted by atomic mass is 33.1. The maximum atomic E-state index is 11.7. The molecule has 2 atom stereocenters. The highest BCUT2D eigenvalue weighted by molar-refractivity contribution is 8.89. The fourth-order valence-electron chi connectivity index (χ4n) is 0.645. The van der Waals surface area contributed by atoms with Crippen molar-refractivity contribution < 1.29 is 28.9 Å². The van der Waals surface area contributed by atoms with Crippen molar-refractivity contribution in [1.82, 2.24) is 0 Å². The molecule has 0 aliphatic carbocycles. The van der Waals surface area contributed by atoms with Crippen molar-refractivity contribution >= 4 is 40.5 Å². The third-order valence-electron chi connectivity index (χ3n) is 1.34. The maximum absolute atomic E-state index is 11.7. The quantitative estimate of drug-likeness (QED) is 0.677. The highest BCUT2D eigenvalue weighted by Crippen LogP contribution is 2.69. The van der Waals surface area contributed by atoms with Gasteiger partial charge < -0.3 is 14.7 Å². The molecule has 0 aliphatic heterocycles. The van der Waals surface area contributed by atoms with Crippen molar-refractivity contribution in [2.24, 2.45) is 0 Å². The predicted octanol–water partition coefficient (Wildman–Crippen LogP) is 1.77. The fraction of sp³-hybridized carbons (Fsp3) is 0.667. The molecule has 0 aromatic heterocycles.